The zero-order valence-electron chi connectivity index (χ0n) is 19.1. The van der Waals surface area contributed by atoms with Crippen molar-refractivity contribution >= 4 is 24.1 Å². The topological polar surface area (TPSA) is 141 Å². The maximum Gasteiger partial charge on any atom is 0.410 e. The quantitative estimate of drug-likeness (QED) is 0.630. The van der Waals surface area contributed by atoms with Crippen LogP contribution in [0.3, 0.4) is 0 Å². The van der Waals surface area contributed by atoms with Crippen molar-refractivity contribution in [2.75, 3.05) is 25.9 Å². The number of nitriles is 2. The average molecular weight is 457 g/mol. The first-order chi connectivity index (χ1) is 15.1. The molecular formula is C22H28N6O3S. The van der Waals surface area contributed by atoms with Gasteiger partial charge in [-0.2, -0.15) is 10.5 Å². The molecule has 0 unspecified atom stereocenters. The Morgan fingerprint density at radius 3 is 2.38 bits per heavy atom. The van der Waals surface area contributed by atoms with Gasteiger partial charge in [0.1, 0.15) is 46.1 Å². The molecule has 170 valence electrons. The molecule has 0 aliphatic heterocycles. The summed E-state index contributed by atoms with van der Waals surface area (Å²) in [6.07, 6.45) is 1.02. The van der Waals surface area contributed by atoms with Gasteiger partial charge in [-0.15, -0.1) is 0 Å². The van der Waals surface area contributed by atoms with Crippen LogP contribution in [0.25, 0.3) is 11.3 Å². The van der Waals surface area contributed by atoms with Gasteiger partial charge in [-0.05, 0) is 32.9 Å². The van der Waals surface area contributed by atoms with Crippen LogP contribution in [0.15, 0.2) is 18.3 Å². The lowest BCUT2D eigenvalue weighted by molar-refractivity contribution is 0.0278. The van der Waals surface area contributed by atoms with Gasteiger partial charge in [0.25, 0.3) is 0 Å². The van der Waals surface area contributed by atoms with Gasteiger partial charge in [-0.3, -0.25) is 4.98 Å². The molecule has 0 radical (unpaired) electrons. The lowest BCUT2D eigenvalue weighted by Crippen LogP contribution is -2.36. The zero-order chi connectivity index (χ0) is 24.5. The number of nitrogens with zero attached hydrogens (tertiary/aromatic N) is 4. The Bertz CT molecular complexity index is 1080. The smallest absolute Gasteiger partial charge is 0.410 e. The van der Waals surface area contributed by atoms with Crippen molar-refractivity contribution in [3.8, 4) is 29.1 Å². The van der Waals surface area contributed by atoms with Crippen molar-refractivity contribution in [3.63, 3.8) is 0 Å². The molecule has 0 aliphatic carbocycles. The Balaban J connectivity index is 0.00000249. The Hall–Kier alpha value is -3.63. The van der Waals surface area contributed by atoms with Crippen LogP contribution in [0, 0.1) is 27.3 Å². The molecule has 0 aliphatic rings. The van der Waals surface area contributed by atoms with Crippen LogP contribution in [0.2, 0.25) is 0 Å². The average Bonchev–Trinajstić information content (AvgIpc) is 2.74. The van der Waals surface area contributed by atoms with Gasteiger partial charge in [0.05, 0.1) is 24.0 Å². The third-order valence-corrected chi connectivity index (χ3v) is 4.17. The van der Waals surface area contributed by atoms with Gasteiger partial charge in [-0.25, -0.2) is 4.79 Å². The number of H-pyrrole nitrogens is 1. The highest BCUT2D eigenvalue weighted by Crippen LogP contribution is 2.29. The molecule has 10 heteroatoms. The number of hydrogen-bond donors (Lipinski definition) is 2. The van der Waals surface area contributed by atoms with Gasteiger partial charge in [0.15, 0.2) is 0 Å². The Labute approximate surface area is 193 Å². The number of pyridine rings is 2. The second kappa shape index (κ2) is 11.7. The number of amides is 1. The third kappa shape index (κ3) is 6.96. The number of rotatable bonds is 5. The second-order valence-electron chi connectivity index (χ2n) is 7.35. The van der Waals surface area contributed by atoms with Crippen molar-refractivity contribution in [3.05, 3.63) is 34.1 Å². The summed E-state index contributed by atoms with van der Waals surface area (Å²) in [6.45, 7) is 9.94. The van der Waals surface area contributed by atoms with Gasteiger partial charge in [-0.1, -0.05) is 26.1 Å². The van der Waals surface area contributed by atoms with Crippen LogP contribution < -0.4 is 10.5 Å². The molecule has 2 rings (SSSR count). The molecule has 32 heavy (non-hydrogen) atoms. The van der Waals surface area contributed by atoms with Gasteiger partial charge in [0.2, 0.25) is 0 Å². The SMILES string of the molecule is CC.CN(CCOc1ccc(-c2c(C#N)c(N)[nH]c(=S)c2C#N)nc1)C(=O)OC(C)(C)C. The van der Waals surface area contributed by atoms with Crippen molar-refractivity contribution in [1.82, 2.24) is 14.9 Å². The van der Waals surface area contributed by atoms with Crippen LogP contribution >= 0.6 is 12.2 Å². The highest BCUT2D eigenvalue weighted by Gasteiger charge is 2.20. The lowest BCUT2D eigenvalue weighted by atomic mass is 10.0. The number of nitrogens with two attached hydrogens (primary N) is 1. The first kappa shape index (κ1) is 26.4. The normalized spacial score (nSPS) is 10.1. The van der Waals surface area contributed by atoms with E-state index in [9.17, 15) is 15.3 Å². The molecule has 2 aromatic heterocycles. The molecule has 0 bridgehead atoms. The Morgan fingerprint density at radius 2 is 1.88 bits per heavy atom. The van der Waals surface area contributed by atoms with E-state index < -0.39 is 11.7 Å². The molecule has 0 saturated carbocycles. The van der Waals surface area contributed by atoms with Crippen LogP contribution in [0.5, 0.6) is 5.75 Å². The van der Waals surface area contributed by atoms with Crippen LogP contribution in [0.1, 0.15) is 45.7 Å². The highest BCUT2D eigenvalue weighted by atomic mass is 32.1. The maximum atomic E-state index is 11.9. The van der Waals surface area contributed by atoms with E-state index in [1.807, 2.05) is 26.0 Å². The number of anilines is 1. The minimum Gasteiger partial charge on any atom is -0.490 e. The summed E-state index contributed by atoms with van der Waals surface area (Å²) in [5, 5.41) is 18.8. The number of aromatic amines is 1. The number of nitrogen functional groups attached to an aromatic ring is 1. The largest absolute Gasteiger partial charge is 0.490 e. The van der Waals surface area contributed by atoms with Crippen molar-refractivity contribution < 1.29 is 14.3 Å². The minimum absolute atomic E-state index is 0.0730. The van der Waals surface area contributed by atoms with E-state index in [0.29, 0.717) is 18.0 Å². The summed E-state index contributed by atoms with van der Waals surface area (Å²) in [4.78, 5) is 20.3. The molecule has 0 fully saturated rings. The standard InChI is InChI=1S/C20H22N6O3S.C2H6/c1-20(2,3)29-19(27)26(4)7-8-28-12-5-6-15(24-11-12)16-13(9-21)17(23)25-18(30)14(16)10-22;1-2/h5-6,11H,7-8H2,1-4H3,(H3,23,25,30);1-2H3. The number of carbonyl (C=O) groups is 1. The van der Waals surface area contributed by atoms with E-state index in [2.05, 4.69) is 9.97 Å². The first-order valence-electron chi connectivity index (χ1n) is 9.96. The summed E-state index contributed by atoms with van der Waals surface area (Å²) >= 11 is 5.13. The van der Waals surface area contributed by atoms with Crippen molar-refractivity contribution in [2.45, 2.75) is 40.2 Å². The molecule has 0 atom stereocenters. The molecule has 2 heterocycles. The van der Waals surface area contributed by atoms with E-state index >= 15 is 0 Å². The van der Waals surface area contributed by atoms with Gasteiger partial charge < -0.3 is 25.1 Å². The lowest BCUT2D eigenvalue weighted by Gasteiger charge is -2.24. The fourth-order valence-corrected chi connectivity index (χ4v) is 2.70. The molecule has 9 nitrogen and oxygen atoms in total. The summed E-state index contributed by atoms with van der Waals surface area (Å²) in [5.41, 5.74) is 6.12. The minimum atomic E-state index is -0.569. The highest BCUT2D eigenvalue weighted by molar-refractivity contribution is 7.71. The van der Waals surface area contributed by atoms with E-state index in [-0.39, 0.29) is 33.8 Å². The maximum absolute atomic E-state index is 11.9. The third-order valence-electron chi connectivity index (χ3n) is 3.86. The predicted octanol–water partition coefficient (Wildman–Crippen LogP) is 4.40. The van der Waals surface area contributed by atoms with Crippen LogP contribution in [-0.2, 0) is 4.74 Å². The van der Waals surface area contributed by atoms with Gasteiger partial charge >= 0.3 is 6.09 Å². The molecule has 3 N–H and O–H groups in total. The molecule has 0 aromatic carbocycles. The summed E-state index contributed by atoms with van der Waals surface area (Å²) in [6, 6.07) is 7.22. The Morgan fingerprint density at radius 1 is 1.25 bits per heavy atom. The summed E-state index contributed by atoms with van der Waals surface area (Å²) in [7, 11) is 1.62. The molecule has 1 amide bonds. The predicted molar refractivity (Wildman–Crippen MR) is 124 cm³/mol. The number of aromatic nitrogens is 2. The first-order valence-corrected chi connectivity index (χ1v) is 10.4. The molecule has 0 saturated heterocycles. The van der Waals surface area contributed by atoms with Crippen molar-refractivity contribution in [2.24, 2.45) is 0 Å². The van der Waals surface area contributed by atoms with E-state index in [0.717, 1.165) is 0 Å². The van der Waals surface area contributed by atoms with E-state index in [1.165, 1.54) is 11.1 Å². The van der Waals surface area contributed by atoms with Gasteiger partial charge in [0, 0.05) is 12.6 Å². The fraction of sp³-hybridized carbons (Fsp3) is 0.409. The number of hydrogen-bond acceptors (Lipinski definition) is 8. The molecular weight excluding hydrogens is 428 g/mol. The van der Waals surface area contributed by atoms with Crippen LogP contribution in [-0.4, -0.2) is 46.8 Å². The Kier molecular flexibility index (Phi) is 9.64. The van der Waals surface area contributed by atoms with E-state index in [1.54, 1.807) is 40.0 Å². The fourth-order valence-electron chi connectivity index (χ4n) is 2.44. The number of carbonyl (C=O) groups excluding carboxylic acids is 1. The summed E-state index contributed by atoms with van der Waals surface area (Å²) < 4.78 is 11.0. The second-order valence-corrected chi connectivity index (χ2v) is 7.75. The van der Waals surface area contributed by atoms with E-state index in [4.69, 9.17) is 27.4 Å². The van der Waals surface area contributed by atoms with Crippen LogP contribution in [0.4, 0.5) is 10.6 Å². The molecule has 0 spiro atoms. The zero-order valence-corrected chi connectivity index (χ0v) is 20.0. The number of likely N-dealkylation sites (N-methyl/N-ethyl adjacent to an activating group) is 1. The monoisotopic (exact) mass is 456 g/mol. The number of nitrogens with one attached hydrogen (secondary N) is 1. The van der Waals surface area contributed by atoms with Crippen molar-refractivity contribution in [1.29, 1.82) is 10.5 Å². The number of ether oxygens (including phenoxy) is 2. The molecule has 2 aromatic rings. The summed E-state index contributed by atoms with van der Waals surface area (Å²) in [5.74, 6) is 0.534.